The smallest absolute Gasteiger partial charge is 0.165 e. The summed E-state index contributed by atoms with van der Waals surface area (Å²) in [5, 5.41) is 9.32. The summed E-state index contributed by atoms with van der Waals surface area (Å²) >= 11 is 0. The number of Topliss-reactive ketones (excluding diaryl/α,β-unsaturated/α-hetero) is 1. The first-order valence-electron chi connectivity index (χ1n) is 17.7. The Bertz CT molecular complexity index is 2070. The van der Waals surface area contributed by atoms with Crippen LogP contribution in [0.5, 0.6) is 5.75 Å². The zero-order valence-corrected chi connectivity index (χ0v) is 30.1. The fourth-order valence-corrected chi connectivity index (χ4v) is 6.09. The van der Waals surface area contributed by atoms with Crippen molar-refractivity contribution in [3.8, 4) is 34.1 Å². The molecule has 7 rings (SSSR count). The van der Waals surface area contributed by atoms with Gasteiger partial charge < -0.3 is 10.8 Å². The van der Waals surface area contributed by atoms with Crippen LogP contribution in [-0.2, 0) is 6.54 Å². The Hall–Kier alpha value is -5.60. The maximum atomic E-state index is 10.9. The number of imidazole rings is 1. The van der Waals surface area contributed by atoms with E-state index in [1.807, 2.05) is 42.5 Å². The number of carbonyl (C=O) groups excluding carboxylic acids is 1. The molecule has 1 aliphatic heterocycles. The molecule has 0 aliphatic carbocycles. The lowest BCUT2D eigenvalue weighted by Crippen LogP contribution is -2.19. The molecule has 0 amide bonds. The van der Waals surface area contributed by atoms with E-state index in [1.54, 1.807) is 24.4 Å². The number of phenolic OH excluding ortho intramolecular Hbond substituents is 1. The van der Waals surface area contributed by atoms with Gasteiger partial charge in [0.05, 0.1) is 11.3 Å². The van der Waals surface area contributed by atoms with E-state index in [0.717, 1.165) is 52.0 Å². The van der Waals surface area contributed by atoms with Gasteiger partial charge in [0, 0.05) is 41.7 Å². The van der Waals surface area contributed by atoms with Gasteiger partial charge >= 0.3 is 0 Å². The van der Waals surface area contributed by atoms with Crippen molar-refractivity contribution in [3.05, 3.63) is 127 Å². The highest BCUT2D eigenvalue weighted by Gasteiger charge is 2.22. The molecule has 3 N–H and O–H groups in total. The Balaban J connectivity index is 0.000000283. The molecule has 8 heteroatoms. The summed E-state index contributed by atoms with van der Waals surface area (Å²) in [6.07, 6.45) is 7.06. The van der Waals surface area contributed by atoms with Crippen molar-refractivity contribution < 1.29 is 9.90 Å². The number of carbonyl (C=O) groups is 1. The lowest BCUT2D eigenvalue weighted by molar-refractivity contribution is 0.101. The van der Waals surface area contributed by atoms with E-state index in [4.69, 9.17) is 15.7 Å². The van der Waals surface area contributed by atoms with Crippen molar-refractivity contribution in [1.29, 1.82) is 0 Å². The topological polar surface area (TPSA) is 110 Å². The van der Waals surface area contributed by atoms with E-state index in [-0.39, 0.29) is 11.5 Å². The van der Waals surface area contributed by atoms with Crippen molar-refractivity contribution in [2.45, 2.75) is 53.5 Å². The van der Waals surface area contributed by atoms with Crippen molar-refractivity contribution in [2.24, 2.45) is 5.92 Å². The number of nitrogen functional groups attached to an aromatic ring is 1. The highest BCUT2D eigenvalue weighted by molar-refractivity contribution is 5.94. The number of rotatable bonds is 8. The number of aromatic nitrogens is 4. The highest BCUT2D eigenvalue weighted by Crippen LogP contribution is 2.32. The SMILES string of the molecule is C=Cc1ccc(C(C)=O)cc1O.CCC.CCC1CCN(Cc2ccc(-n3c(-c4cccnc4N)nc4ccc(-c5ccccc5)nc43)cc2)C1. The third kappa shape index (κ3) is 8.96. The average molecular weight is 681 g/mol. The molecule has 0 bridgehead atoms. The molecule has 262 valence electrons. The number of aromatic hydroxyl groups is 1. The van der Waals surface area contributed by atoms with Crippen LogP contribution in [0, 0.1) is 5.92 Å². The first-order chi connectivity index (χ1) is 24.8. The summed E-state index contributed by atoms with van der Waals surface area (Å²) in [5.41, 5.74) is 14.2. The van der Waals surface area contributed by atoms with Gasteiger partial charge in [-0.15, -0.1) is 0 Å². The summed E-state index contributed by atoms with van der Waals surface area (Å²) in [6.45, 7) is 14.9. The lowest BCUT2D eigenvalue weighted by Gasteiger charge is -2.16. The molecule has 0 spiro atoms. The molecule has 1 saturated heterocycles. The van der Waals surface area contributed by atoms with Gasteiger partial charge in [-0.05, 0) is 73.8 Å². The maximum absolute atomic E-state index is 10.9. The number of anilines is 1. The fourth-order valence-electron chi connectivity index (χ4n) is 6.09. The van der Waals surface area contributed by atoms with Gasteiger partial charge in [-0.3, -0.25) is 14.3 Å². The lowest BCUT2D eigenvalue weighted by atomic mass is 10.1. The number of nitrogens with two attached hydrogens (primary N) is 1. The normalized spacial score (nSPS) is 13.9. The third-order valence-corrected chi connectivity index (χ3v) is 8.86. The molecule has 1 aliphatic rings. The molecule has 3 aromatic carbocycles. The van der Waals surface area contributed by atoms with E-state index in [1.165, 1.54) is 50.9 Å². The molecule has 8 nitrogen and oxygen atoms in total. The Morgan fingerprint density at radius 2 is 1.71 bits per heavy atom. The number of pyridine rings is 2. The van der Waals surface area contributed by atoms with Crippen LogP contribution in [0.3, 0.4) is 0 Å². The Morgan fingerprint density at radius 1 is 0.961 bits per heavy atom. The van der Waals surface area contributed by atoms with Gasteiger partial charge in [0.25, 0.3) is 0 Å². The second kappa shape index (κ2) is 17.4. The molecule has 1 unspecified atom stereocenters. The predicted molar refractivity (Wildman–Crippen MR) is 210 cm³/mol. The molecule has 1 atom stereocenters. The summed E-state index contributed by atoms with van der Waals surface area (Å²) < 4.78 is 2.10. The molecule has 6 aromatic rings. The van der Waals surface area contributed by atoms with Crippen LogP contribution in [-0.4, -0.2) is 48.4 Å². The maximum Gasteiger partial charge on any atom is 0.165 e. The van der Waals surface area contributed by atoms with E-state index in [0.29, 0.717) is 16.9 Å². The molecule has 3 aromatic heterocycles. The zero-order chi connectivity index (χ0) is 36.3. The first kappa shape index (κ1) is 36.7. The molecule has 4 heterocycles. The van der Waals surface area contributed by atoms with E-state index in [2.05, 4.69) is 78.2 Å². The van der Waals surface area contributed by atoms with Gasteiger partial charge in [-0.2, -0.15) is 0 Å². The van der Waals surface area contributed by atoms with Gasteiger partial charge in [-0.1, -0.05) is 101 Å². The molecule has 0 radical (unpaired) electrons. The standard InChI is InChI=1S/C30H30N6.C10H10O2.C3H8/c1-2-21-16-18-35(19-21)20-22-10-12-24(13-11-22)36-29(25-9-6-17-32-28(25)31)34-27-15-14-26(33-30(27)36)23-7-4-3-5-8-23;1-3-8-4-5-9(7(2)11)6-10(8)12;1-3-2/h3-15,17,21H,2,16,18-20H2,1H3,(H2,31,32);3-6,12H,1H2,2H3;3H2,1-2H3. The number of benzene rings is 3. The van der Waals surface area contributed by atoms with Crippen LogP contribution in [0.1, 0.15) is 68.4 Å². The van der Waals surface area contributed by atoms with Crippen LogP contribution in [0.25, 0.3) is 45.6 Å². The Kier molecular flexibility index (Phi) is 12.5. The minimum absolute atomic E-state index is 0.0547. The van der Waals surface area contributed by atoms with Crippen LogP contribution < -0.4 is 5.73 Å². The van der Waals surface area contributed by atoms with Gasteiger partial charge in [0.2, 0.25) is 0 Å². The Labute approximate surface area is 301 Å². The van der Waals surface area contributed by atoms with Crippen molar-refractivity contribution in [1.82, 2.24) is 24.4 Å². The number of hydrogen-bond donors (Lipinski definition) is 2. The Morgan fingerprint density at radius 3 is 2.33 bits per heavy atom. The van der Waals surface area contributed by atoms with Crippen molar-refractivity contribution in [3.63, 3.8) is 0 Å². The van der Waals surface area contributed by atoms with E-state index in [9.17, 15) is 9.90 Å². The summed E-state index contributed by atoms with van der Waals surface area (Å²) in [5.74, 6) is 2.07. The number of likely N-dealkylation sites (tertiary alicyclic amines) is 1. The van der Waals surface area contributed by atoms with Crippen molar-refractivity contribution in [2.75, 3.05) is 18.8 Å². The predicted octanol–water partition coefficient (Wildman–Crippen LogP) is 9.62. The van der Waals surface area contributed by atoms with Crippen molar-refractivity contribution >= 4 is 28.8 Å². The summed E-state index contributed by atoms with van der Waals surface area (Å²) in [6, 6.07) is 31.7. The molecule has 51 heavy (non-hydrogen) atoms. The highest BCUT2D eigenvalue weighted by atomic mass is 16.3. The van der Waals surface area contributed by atoms with Gasteiger partial charge in [0.1, 0.15) is 17.1 Å². The monoisotopic (exact) mass is 680 g/mol. The number of nitrogens with zero attached hydrogens (tertiary/aromatic N) is 5. The van der Waals surface area contributed by atoms with Crippen LogP contribution in [0.15, 0.2) is 110 Å². The van der Waals surface area contributed by atoms with Gasteiger partial charge in [-0.25, -0.2) is 15.0 Å². The number of hydrogen-bond acceptors (Lipinski definition) is 7. The number of phenols is 1. The molecular formula is C43H48N6O2. The average Bonchev–Trinajstić information content (AvgIpc) is 3.77. The minimum atomic E-state index is -0.0547. The number of ketones is 1. The van der Waals surface area contributed by atoms with Gasteiger partial charge in [0.15, 0.2) is 17.3 Å². The third-order valence-electron chi connectivity index (χ3n) is 8.86. The fraction of sp³-hybridized carbons (Fsp3) is 0.256. The second-order valence-corrected chi connectivity index (χ2v) is 12.8. The summed E-state index contributed by atoms with van der Waals surface area (Å²) in [4.78, 5) is 27.7. The summed E-state index contributed by atoms with van der Waals surface area (Å²) in [7, 11) is 0. The van der Waals surface area contributed by atoms with Crippen LogP contribution in [0.4, 0.5) is 5.82 Å². The molecular weight excluding hydrogens is 633 g/mol. The quantitative estimate of drug-likeness (QED) is 0.154. The van der Waals surface area contributed by atoms with Crippen LogP contribution >= 0.6 is 0 Å². The zero-order valence-electron chi connectivity index (χ0n) is 30.1. The molecule has 0 saturated carbocycles. The largest absolute Gasteiger partial charge is 0.507 e. The van der Waals surface area contributed by atoms with Crippen LogP contribution in [0.2, 0.25) is 0 Å². The molecule has 1 fully saturated rings. The van der Waals surface area contributed by atoms with E-state index < -0.39 is 0 Å². The number of fused-ring (bicyclic) bond motifs is 1. The minimum Gasteiger partial charge on any atom is -0.507 e. The second-order valence-electron chi connectivity index (χ2n) is 12.8. The first-order valence-corrected chi connectivity index (χ1v) is 17.7. The van der Waals surface area contributed by atoms with E-state index >= 15 is 0 Å².